The Hall–Kier alpha value is -1.49. The van der Waals surface area contributed by atoms with E-state index in [2.05, 4.69) is 4.98 Å². The maximum absolute atomic E-state index is 12.9. The highest BCUT2D eigenvalue weighted by Crippen LogP contribution is 2.34. The Kier molecular flexibility index (Phi) is 9.94. The van der Waals surface area contributed by atoms with Gasteiger partial charge in [0.05, 0.1) is 25.5 Å². The first-order valence-electron chi connectivity index (χ1n) is 12.5. The van der Waals surface area contributed by atoms with Crippen LogP contribution in [0.3, 0.4) is 0 Å². The number of unbranched alkanes of at least 4 members (excludes halogenated alkanes) is 3. The highest BCUT2D eigenvalue weighted by Gasteiger charge is 2.44. The van der Waals surface area contributed by atoms with Gasteiger partial charge in [-0.3, -0.25) is 4.79 Å². The molecule has 5 N–H and O–H groups in total. The molecule has 0 radical (unpaired) electrons. The van der Waals surface area contributed by atoms with Crippen molar-refractivity contribution in [3.05, 3.63) is 27.2 Å². The van der Waals surface area contributed by atoms with Crippen molar-refractivity contribution < 1.29 is 34.6 Å². The zero-order valence-electron chi connectivity index (χ0n) is 20.5. The van der Waals surface area contributed by atoms with Crippen molar-refractivity contribution in [3.63, 3.8) is 0 Å². The molecule has 0 bridgehead atoms. The van der Waals surface area contributed by atoms with Gasteiger partial charge in [0.25, 0.3) is 0 Å². The van der Waals surface area contributed by atoms with E-state index in [9.17, 15) is 25.2 Å². The first-order valence-corrected chi connectivity index (χ1v) is 12.5. The standard InChI is InChI=1S/C25H41NO8/c1-14(33-25-23(31)22(30)20(28)18(13-27)34-25)9-6-4-5-7-10-16-11-8-12-17-19(16)21(29)24(32-3)15(2)26-17/h14,16,18,20,22-23,25,27-28,30-31H,4-13H2,1-3H3,(H,26,29)/t14-,16+,18-,20-,22+,23-,25-/m1/s1. The molecule has 1 fully saturated rings. The summed E-state index contributed by atoms with van der Waals surface area (Å²) in [5.74, 6) is 0.703. The number of ether oxygens (including phenoxy) is 3. The monoisotopic (exact) mass is 483 g/mol. The van der Waals surface area contributed by atoms with E-state index in [-0.39, 0.29) is 17.5 Å². The molecule has 0 saturated carbocycles. The molecule has 1 aromatic rings. The average molecular weight is 484 g/mol. The third-order valence-electron chi connectivity index (χ3n) is 7.17. The maximum Gasteiger partial charge on any atom is 0.227 e. The predicted molar refractivity (Wildman–Crippen MR) is 126 cm³/mol. The van der Waals surface area contributed by atoms with Crippen LogP contribution in [0.4, 0.5) is 0 Å². The fourth-order valence-corrected chi connectivity index (χ4v) is 5.27. The zero-order chi connectivity index (χ0) is 24.8. The first-order chi connectivity index (χ1) is 16.3. The fourth-order valence-electron chi connectivity index (χ4n) is 5.27. The van der Waals surface area contributed by atoms with Gasteiger partial charge in [-0.15, -0.1) is 0 Å². The third-order valence-corrected chi connectivity index (χ3v) is 7.17. The van der Waals surface area contributed by atoms with Gasteiger partial charge in [-0.05, 0) is 51.9 Å². The molecule has 1 aliphatic heterocycles. The average Bonchev–Trinajstić information content (AvgIpc) is 2.81. The second kappa shape index (κ2) is 12.5. The van der Waals surface area contributed by atoms with E-state index in [1.54, 1.807) is 7.11 Å². The summed E-state index contributed by atoms with van der Waals surface area (Å²) in [5, 5.41) is 39.1. The minimum absolute atomic E-state index is 0.0395. The Morgan fingerprint density at radius 2 is 1.85 bits per heavy atom. The summed E-state index contributed by atoms with van der Waals surface area (Å²) in [5.41, 5.74) is 2.82. The molecule has 7 atom stereocenters. The van der Waals surface area contributed by atoms with Crippen LogP contribution in [-0.2, 0) is 15.9 Å². The topological polar surface area (TPSA) is 141 Å². The number of aromatic amines is 1. The van der Waals surface area contributed by atoms with E-state index in [1.807, 2.05) is 13.8 Å². The Balaban J connectivity index is 1.40. The number of hydrogen-bond donors (Lipinski definition) is 5. The molecular weight excluding hydrogens is 442 g/mol. The van der Waals surface area contributed by atoms with Crippen LogP contribution in [0.1, 0.15) is 81.2 Å². The van der Waals surface area contributed by atoms with Crippen LogP contribution in [0.15, 0.2) is 4.79 Å². The third kappa shape index (κ3) is 6.19. The van der Waals surface area contributed by atoms with Crippen LogP contribution in [0, 0.1) is 6.92 Å². The summed E-state index contributed by atoms with van der Waals surface area (Å²) in [6, 6.07) is 0. The van der Waals surface area contributed by atoms with Gasteiger partial charge in [0.1, 0.15) is 24.4 Å². The molecular formula is C25H41NO8. The van der Waals surface area contributed by atoms with Crippen LogP contribution < -0.4 is 10.2 Å². The van der Waals surface area contributed by atoms with Gasteiger partial charge in [-0.1, -0.05) is 25.7 Å². The molecule has 0 spiro atoms. The van der Waals surface area contributed by atoms with Gasteiger partial charge in [-0.2, -0.15) is 0 Å². The summed E-state index contributed by atoms with van der Waals surface area (Å²) in [7, 11) is 1.55. The second-order valence-electron chi connectivity index (χ2n) is 9.73. The van der Waals surface area contributed by atoms with Crippen molar-refractivity contribution in [2.45, 2.75) is 114 Å². The minimum atomic E-state index is -1.43. The van der Waals surface area contributed by atoms with Gasteiger partial charge in [0.15, 0.2) is 12.0 Å². The molecule has 3 rings (SSSR count). The van der Waals surface area contributed by atoms with Crippen molar-refractivity contribution in [2.75, 3.05) is 13.7 Å². The Morgan fingerprint density at radius 3 is 2.56 bits per heavy atom. The fraction of sp³-hybridized carbons (Fsp3) is 0.800. The van der Waals surface area contributed by atoms with Crippen LogP contribution >= 0.6 is 0 Å². The van der Waals surface area contributed by atoms with E-state index >= 15 is 0 Å². The van der Waals surface area contributed by atoms with E-state index in [0.29, 0.717) is 5.75 Å². The molecule has 2 heterocycles. The zero-order valence-corrected chi connectivity index (χ0v) is 20.5. The van der Waals surface area contributed by atoms with E-state index in [0.717, 1.165) is 74.7 Å². The highest BCUT2D eigenvalue weighted by atomic mass is 16.7. The molecule has 34 heavy (non-hydrogen) atoms. The number of rotatable bonds is 11. The summed E-state index contributed by atoms with van der Waals surface area (Å²) in [6.45, 7) is 3.29. The molecule has 194 valence electrons. The summed E-state index contributed by atoms with van der Waals surface area (Å²) >= 11 is 0. The van der Waals surface area contributed by atoms with Gasteiger partial charge in [0, 0.05) is 11.3 Å². The lowest BCUT2D eigenvalue weighted by Crippen LogP contribution is -2.59. The molecule has 0 unspecified atom stereocenters. The molecule has 9 nitrogen and oxygen atoms in total. The van der Waals surface area contributed by atoms with Crippen LogP contribution in [0.5, 0.6) is 5.75 Å². The maximum atomic E-state index is 12.9. The number of fused-ring (bicyclic) bond motifs is 1. The van der Waals surface area contributed by atoms with E-state index in [1.165, 1.54) is 0 Å². The summed E-state index contributed by atoms with van der Waals surface area (Å²) in [6.07, 6.45) is 2.41. The number of pyridine rings is 1. The number of aromatic nitrogens is 1. The lowest BCUT2D eigenvalue weighted by Gasteiger charge is -2.40. The van der Waals surface area contributed by atoms with Gasteiger partial charge < -0.3 is 39.6 Å². The van der Waals surface area contributed by atoms with Crippen LogP contribution in [0.25, 0.3) is 0 Å². The van der Waals surface area contributed by atoms with Crippen LogP contribution in [-0.4, -0.2) is 75.9 Å². The second-order valence-corrected chi connectivity index (χ2v) is 9.73. The lowest BCUT2D eigenvalue weighted by molar-refractivity contribution is -0.310. The van der Waals surface area contributed by atoms with Crippen molar-refractivity contribution >= 4 is 0 Å². The largest absolute Gasteiger partial charge is 0.491 e. The molecule has 1 saturated heterocycles. The molecule has 0 amide bonds. The van der Waals surface area contributed by atoms with Crippen LogP contribution in [0.2, 0.25) is 0 Å². The van der Waals surface area contributed by atoms with E-state index < -0.39 is 37.3 Å². The number of nitrogens with one attached hydrogen (secondary N) is 1. The Morgan fingerprint density at radius 1 is 1.12 bits per heavy atom. The number of methoxy groups -OCH3 is 1. The normalized spacial score (nSPS) is 30.1. The smallest absolute Gasteiger partial charge is 0.227 e. The number of H-pyrrole nitrogens is 1. The highest BCUT2D eigenvalue weighted by molar-refractivity contribution is 5.38. The Bertz CT molecular complexity index is 841. The lowest BCUT2D eigenvalue weighted by atomic mass is 9.81. The molecule has 9 heteroatoms. The predicted octanol–water partition coefficient (Wildman–Crippen LogP) is 1.66. The van der Waals surface area contributed by atoms with Gasteiger partial charge in [0.2, 0.25) is 5.43 Å². The number of aryl methyl sites for hydroxylation is 2. The number of hydrogen-bond acceptors (Lipinski definition) is 8. The number of aliphatic hydroxyl groups is 4. The van der Waals surface area contributed by atoms with Gasteiger partial charge >= 0.3 is 0 Å². The molecule has 0 aromatic carbocycles. The quantitative estimate of drug-likeness (QED) is 0.299. The molecule has 1 aliphatic carbocycles. The van der Waals surface area contributed by atoms with Crippen molar-refractivity contribution in [2.24, 2.45) is 0 Å². The van der Waals surface area contributed by atoms with Crippen molar-refractivity contribution in [3.8, 4) is 5.75 Å². The molecule has 1 aromatic heterocycles. The molecule has 2 aliphatic rings. The minimum Gasteiger partial charge on any atom is -0.491 e. The number of aliphatic hydroxyl groups excluding tert-OH is 4. The first kappa shape index (κ1) is 27.1. The van der Waals surface area contributed by atoms with E-state index in [4.69, 9.17) is 14.2 Å². The SMILES string of the molecule is COc1c(C)[nH]c2c(c1=O)[C@@H](CCCCCC[C@@H](C)O[C@@H]1O[C@H](CO)[C@@H](O)[C@H](O)[C@H]1O)CCC2. The summed E-state index contributed by atoms with van der Waals surface area (Å²) < 4.78 is 16.5. The van der Waals surface area contributed by atoms with Gasteiger partial charge in [-0.25, -0.2) is 0 Å². The summed E-state index contributed by atoms with van der Waals surface area (Å²) in [4.78, 5) is 16.3. The Labute approximate surface area is 201 Å². The van der Waals surface area contributed by atoms with Crippen molar-refractivity contribution in [1.82, 2.24) is 4.98 Å². The van der Waals surface area contributed by atoms with Crippen molar-refractivity contribution in [1.29, 1.82) is 0 Å².